The van der Waals surface area contributed by atoms with Gasteiger partial charge in [-0.15, -0.1) is 0 Å². The van der Waals surface area contributed by atoms with Gasteiger partial charge in [0.1, 0.15) is 5.82 Å². The Hall–Kier alpha value is -2.93. The number of carbonyl (C=O) groups is 1. The summed E-state index contributed by atoms with van der Waals surface area (Å²) in [6.07, 6.45) is 3.78. The predicted octanol–water partition coefficient (Wildman–Crippen LogP) is 3.95. The van der Waals surface area contributed by atoms with Crippen LogP contribution in [0.2, 0.25) is 0 Å². The fourth-order valence-corrected chi connectivity index (χ4v) is 5.05. The SMILES string of the molecule is O=C(NCC1CCN(Cc2ccccc2F)CC1)C1CCN(c2nc3ccccc3[nH]2)CC1. The molecule has 0 aliphatic carbocycles. The van der Waals surface area contributed by atoms with Gasteiger partial charge < -0.3 is 15.2 Å². The molecule has 0 saturated carbocycles. The number of imidazole rings is 1. The van der Waals surface area contributed by atoms with Crippen molar-refractivity contribution in [2.45, 2.75) is 32.2 Å². The molecule has 5 rings (SSSR count). The molecule has 2 N–H and O–H groups in total. The van der Waals surface area contributed by atoms with Crippen LogP contribution in [-0.4, -0.2) is 53.5 Å². The van der Waals surface area contributed by atoms with E-state index in [9.17, 15) is 9.18 Å². The molecule has 0 spiro atoms. The Morgan fingerprint density at radius 2 is 1.73 bits per heavy atom. The van der Waals surface area contributed by atoms with Gasteiger partial charge in [0.05, 0.1) is 11.0 Å². The lowest BCUT2D eigenvalue weighted by atomic mass is 9.94. The number of likely N-dealkylation sites (tertiary alicyclic amines) is 1. The van der Waals surface area contributed by atoms with Crippen molar-refractivity contribution in [2.75, 3.05) is 37.6 Å². The predicted molar refractivity (Wildman–Crippen MR) is 128 cm³/mol. The van der Waals surface area contributed by atoms with Crippen LogP contribution in [0.4, 0.5) is 10.3 Å². The molecule has 2 aliphatic rings. The molecule has 1 amide bonds. The van der Waals surface area contributed by atoms with E-state index in [1.807, 2.05) is 36.4 Å². The molecule has 2 saturated heterocycles. The van der Waals surface area contributed by atoms with E-state index in [1.54, 1.807) is 6.07 Å². The summed E-state index contributed by atoms with van der Waals surface area (Å²) < 4.78 is 13.9. The monoisotopic (exact) mass is 449 g/mol. The summed E-state index contributed by atoms with van der Waals surface area (Å²) in [5.74, 6) is 1.54. The Morgan fingerprint density at radius 3 is 2.48 bits per heavy atom. The summed E-state index contributed by atoms with van der Waals surface area (Å²) in [4.78, 5) is 25.4. The van der Waals surface area contributed by atoms with Gasteiger partial charge in [0.2, 0.25) is 11.9 Å². The number of halogens is 1. The number of anilines is 1. The molecule has 2 fully saturated rings. The van der Waals surface area contributed by atoms with Gasteiger partial charge in [-0.1, -0.05) is 30.3 Å². The van der Waals surface area contributed by atoms with Crippen molar-refractivity contribution in [1.29, 1.82) is 0 Å². The number of amides is 1. The van der Waals surface area contributed by atoms with Crippen LogP contribution < -0.4 is 10.2 Å². The zero-order chi connectivity index (χ0) is 22.6. The number of piperidine rings is 2. The summed E-state index contributed by atoms with van der Waals surface area (Å²) in [6.45, 7) is 4.99. The summed E-state index contributed by atoms with van der Waals surface area (Å²) in [6, 6.07) is 15.1. The zero-order valence-electron chi connectivity index (χ0n) is 19.0. The first-order valence-electron chi connectivity index (χ1n) is 12.1. The van der Waals surface area contributed by atoms with Gasteiger partial charge in [0.25, 0.3) is 0 Å². The Balaban J connectivity index is 1.03. The highest BCUT2D eigenvalue weighted by molar-refractivity contribution is 5.79. The van der Waals surface area contributed by atoms with Crippen molar-refractivity contribution in [3.05, 3.63) is 59.9 Å². The fraction of sp³-hybridized carbons (Fsp3) is 0.462. The summed E-state index contributed by atoms with van der Waals surface area (Å²) >= 11 is 0. The van der Waals surface area contributed by atoms with Gasteiger partial charge >= 0.3 is 0 Å². The van der Waals surface area contributed by atoms with Crippen LogP contribution in [0.1, 0.15) is 31.2 Å². The number of rotatable bonds is 6. The van der Waals surface area contributed by atoms with Gasteiger partial charge in [-0.25, -0.2) is 9.37 Å². The lowest BCUT2D eigenvalue weighted by Gasteiger charge is -2.33. The quantitative estimate of drug-likeness (QED) is 0.598. The molecule has 2 aliphatic heterocycles. The van der Waals surface area contributed by atoms with Crippen LogP contribution in [0.3, 0.4) is 0 Å². The standard InChI is InChI=1S/C26H32FN5O/c27-22-6-2-1-5-21(22)18-31-13-9-19(10-14-31)17-28-25(33)20-11-15-32(16-12-20)26-29-23-7-3-4-8-24(23)30-26/h1-8,19-20H,9-18H2,(H,28,33)(H,29,30). The minimum absolute atomic E-state index is 0.0757. The fourth-order valence-electron chi connectivity index (χ4n) is 5.05. The first-order valence-corrected chi connectivity index (χ1v) is 12.1. The van der Waals surface area contributed by atoms with Gasteiger partial charge in [-0.2, -0.15) is 0 Å². The third kappa shape index (κ3) is 5.19. The number of hydrogen-bond donors (Lipinski definition) is 2. The van der Waals surface area contributed by atoms with Crippen LogP contribution in [0.25, 0.3) is 11.0 Å². The first-order chi connectivity index (χ1) is 16.2. The molecule has 7 heteroatoms. The molecular formula is C26H32FN5O. The average Bonchev–Trinajstić information content (AvgIpc) is 3.29. The van der Waals surface area contributed by atoms with Crippen molar-refractivity contribution >= 4 is 22.9 Å². The Kier molecular flexibility index (Phi) is 6.58. The van der Waals surface area contributed by atoms with E-state index in [0.717, 1.165) is 81.0 Å². The van der Waals surface area contributed by atoms with Gasteiger partial charge in [-0.3, -0.25) is 9.69 Å². The molecule has 0 radical (unpaired) electrons. The molecule has 0 unspecified atom stereocenters. The molecule has 174 valence electrons. The number of para-hydroxylation sites is 2. The number of fused-ring (bicyclic) bond motifs is 1. The third-order valence-corrected chi connectivity index (χ3v) is 7.17. The van der Waals surface area contributed by atoms with Crippen LogP contribution >= 0.6 is 0 Å². The van der Waals surface area contributed by atoms with E-state index in [0.29, 0.717) is 12.5 Å². The molecule has 3 aromatic rings. The maximum Gasteiger partial charge on any atom is 0.223 e. The highest BCUT2D eigenvalue weighted by Gasteiger charge is 2.27. The number of carbonyl (C=O) groups excluding carboxylic acids is 1. The second-order valence-electron chi connectivity index (χ2n) is 9.39. The number of nitrogens with zero attached hydrogens (tertiary/aromatic N) is 3. The van der Waals surface area contributed by atoms with E-state index >= 15 is 0 Å². The number of aromatic nitrogens is 2. The second kappa shape index (κ2) is 9.91. The average molecular weight is 450 g/mol. The van der Waals surface area contributed by atoms with Crippen molar-refractivity contribution in [3.8, 4) is 0 Å². The van der Waals surface area contributed by atoms with Crippen molar-refractivity contribution in [1.82, 2.24) is 20.2 Å². The normalized spacial score (nSPS) is 18.6. The van der Waals surface area contributed by atoms with Gasteiger partial charge in [0, 0.05) is 37.7 Å². The highest BCUT2D eigenvalue weighted by Crippen LogP contribution is 2.24. The Bertz CT molecular complexity index is 1050. The maximum atomic E-state index is 13.9. The topological polar surface area (TPSA) is 64.3 Å². The molecule has 6 nitrogen and oxygen atoms in total. The number of aromatic amines is 1. The number of nitrogens with one attached hydrogen (secondary N) is 2. The van der Waals surface area contributed by atoms with Crippen LogP contribution in [0.15, 0.2) is 48.5 Å². The van der Waals surface area contributed by atoms with E-state index < -0.39 is 0 Å². The minimum atomic E-state index is -0.127. The number of hydrogen-bond acceptors (Lipinski definition) is 4. The van der Waals surface area contributed by atoms with Crippen molar-refractivity contribution < 1.29 is 9.18 Å². The lowest BCUT2D eigenvalue weighted by Crippen LogP contribution is -2.43. The Morgan fingerprint density at radius 1 is 1.00 bits per heavy atom. The van der Waals surface area contributed by atoms with E-state index in [4.69, 9.17) is 0 Å². The molecule has 1 aromatic heterocycles. The second-order valence-corrected chi connectivity index (χ2v) is 9.39. The van der Waals surface area contributed by atoms with E-state index in [2.05, 4.69) is 25.1 Å². The summed E-state index contributed by atoms with van der Waals surface area (Å²) in [5.41, 5.74) is 2.79. The molecule has 33 heavy (non-hydrogen) atoms. The van der Waals surface area contributed by atoms with Crippen molar-refractivity contribution in [3.63, 3.8) is 0 Å². The van der Waals surface area contributed by atoms with E-state index in [1.165, 1.54) is 6.07 Å². The lowest BCUT2D eigenvalue weighted by molar-refractivity contribution is -0.125. The molecule has 0 atom stereocenters. The largest absolute Gasteiger partial charge is 0.356 e. The Labute approximate surface area is 194 Å². The van der Waals surface area contributed by atoms with Crippen molar-refractivity contribution in [2.24, 2.45) is 11.8 Å². The van der Waals surface area contributed by atoms with Crippen LogP contribution in [0.5, 0.6) is 0 Å². The maximum absolute atomic E-state index is 13.9. The number of H-pyrrole nitrogens is 1. The highest BCUT2D eigenvalue weighted by atomic mass is 19.1. The molecular weight excluding hydrogens is 417 g/mol. The summed E-state index contributed by atoms with van der Waals surface area (Å²) in [7, 11) is 0. The molecule has 3 heterocycles. The van der Waals surface area contributed by atoms with Crippen LogP contribution in [-0.2, 0) is 11.3 Å². The van der Waals surface area contributed by atoms with Gasteiger partial charge in [0.15, 0.2) is 0 Å². The minimum Gasteiger partial charge on any atom is -0.356 e. The van der Waals surface area contributed by atoms with Gasteiger partial charge in [-0.05, 0) is 62.9 Å². The number of benzene rings is 2. The zero-order valence-corrected chi connectivity index (χ0v) is 19.0. The molecule has 2 aromatic carbocycles. The third-order valence-electron chi connectivity index (χ3n) is 7.17. The van der Waals surface area contributed by atoms with Crippen LogP contribution in [0, 0.1) is 17.7 Å². The molecule has 0 bridgehead atoms. The summed E-state index contributed by atoms with van der Waals surface area (Å²) in [5, 5.41) is 3.21. The smallest absolute Gasteiger partial charge is 0.223 e. The van der Waals surface area contributed by atoms with E-state index in [-0.39, 0.29) is 17.6 Å². The first kappa shape index (κ1) is 21.9.